The summed E-state index contributed by atoms with van der Waals surface area (Å²) in [5.41, 5.74) is 0.320. The predicted octanol–water partition coefficient (Wildman–Crippen LogP) is 2.14. The lowest BCUT2D eigenvalue weighted by atomic mass is 9.69. The molecule has 1 N–H and O–H groups in total. The molecule has 1 aliphatic heterocycles. The molecule has 0 aromatic heterocycles. The molecular formula is C15H27NO3S. The van der Waals surface area contributed by atoms with Crippen molar-refractivity contribution in [3.05, 3.63) is 0 Å². The SMILES string of the molecule is CC(C)(C)C1CCC(C(=O)NC2CCS(=O)(=O)C2)CC1. The Morgan fingerprint density at radius 1 is 1.05 bits per heavy atom. The second kappa shape index (κ2) is 5.66. The van der Waals surface area contributed by atoms with Crippen LogP contribution in [0.25, 0.3) is 0 Å². The summed E-state index contributed by atoms with van der Waals surface area (Å²) in [4.78, 5) is 12.2. The first-order valence-corrected chi connectivity index (χ1v) is 9.50. The maximum atomic E-state index is 12.2. The number of carbonyl (C=O) groups is 1. The Hall–Kier alpha value is -0.580. The van der Waals surface area contributed by atoms with E-state index >= 15 is 0 Å². The Balaban J connectivity index is 1.81. The van der Waals surface area contributed by atoms with Gasteiger partial charge in [0.1, 0.15) is 0 Å². The minimum atomic E-state index is -2.91. The number of hydrogen-bond donors (Lipinski definition) is 1. The Bertz CT molecular complexity index is 456. The Labute approximate surface area is 122 Å². The molecule has 20 heavy (non-hydrogen) atoms. The molecule has 1 saturated heterocycles. The highest BCUT2D eigenvalue weighted by atomic mass is 32.2. The van der Waals surface area contributed by atoms with Crippen LogP contribution in [0.4, 0.5) is 0 Å². The molecule has 1 atom stereocenters. The van der Waals surface area contributed by atoms with Gasteiger partial charge in [0.25, 0.3) is 0 Å². The van der Waals surface area contributed by atoms with E-state index in [9.17, 15) is 13.2 Å². The van der Waals surface area contributed by atoms with Gasteiger partial charge in [-0.25, -0.2) is 8.42 Å². The van der Waals surface area contributed by atoms with Crippen LogP contribution in [-0.4, -0.2) is 31.9 Å². The van der Waals surface area contributed by atoms with Gasteiger partial charge in [-0.15, -0.1) is 0 Å². The van der Waals surface area contributed by atoms with Crippen LogP contribution < -0.4 is 5.32 Å². The quantitative estimate of drug-likeness (QED) is 0.850. The molecule has 116 valence electrons. The molecule has 2 aliphatic rings. The highest BCUT2D eigenvalue weighted by Crippen LogP contribution is 2.39. The number of rotatable bonds is 2. The Morgan fingerprint density at radius 2 is 1.65 bits per heavy atom. The van der Waals surface area contributed by atoms with Crippen LogP contribution in [0, 0.1) is 17.3 Å². The third kappa shape index (κ3) is 3.96. The number of amides is 1. The van der Waals surface area contributed by atoms with E-state index in [0.29, 0.717) is 17.8 Å². The average molecular weight is 301 g/mol. The fourth-order valence-corrected chi connectivity index (χ4v) is 5.12. The molecule has 0 spiro atoms. The molecule has 2 fully saturated rings. The predicted molar refractivity (Wildman–Crippen MR) is 80.1 cm³/mol. The first-order chi connectivity index (χ1) is 9.17. The van der Waals surface area contributed by atoms with Crippen LogP contribution >= 0.6 is 0 Å². The van der Waals surface area contributed by atoms with Crippen molar-refractivity contribution in [3.8, 4) is 0 Å². The maximum absolute atomic E-state index is 12.2. The van der Waals surface area contributed by atoms with Crippen LogP contribution in [0.5, 0.6) is 0 Å². The van der Waals surface area contributed by atoms with Crippen LogP contribution in [-0.2, 0) is 14.6 Å². The summed E-state index contributed by atoms with van der Waals surface area (Å²) in [6.45, 7) is 6.80. The van der Waals surface area contributed by atoms with E-state index in [2.05, 4.69) is 26.1 Å². The Morgan fingerprint density at radius 3 is 2.10 bits per heavy atom. The molecule has 4 nitrogen and oxygen atoms in total. The van der Waals surface area contributed by atoms with E-state index in [0.717, 1.165) is 25.7 Å². The summed E-state index contributed by atoms with van der Waals surface area (Å²) < 4.78 is 22.8. The van der Waals surface area contributed by atoms with Crippen molar-refractivity contribution in [2.75, 3.05) is 11.5 Å². The van der Waals surface area contributed by atoms with Crippen molar-refractivity contribution < 1.29 is 13.2 Å². The smallest absolute Gasteiger partial charge is 0.223 e. The minimum absolute atomic E-state index is 0.0689. The zero-order valence-corrected chi connectivity index (χ0v) is 13.6. The molecule has 0 aromatic carbocycles. The van der Waals surface area contributed by atoms with Gasteiger partial charge in [-0.1, -0.05) is 20.8 Å². The monoisotopic (exact) mass is 301 g/mol. The second-order valence-electron chi connectivity index (χ2n) is 7.52. The molecular weight excluding hydrogens is 274 g/mol. The summed E-state index contributed by atoms with van der Waals surface area (Å²) in [5, 5.41) is 2.94. The van der Waals surface area contributed by atoms with E-state index < -0.39 is 9.84 Å². The zero-order valence-electron chi connectivity index (χ0n) is 12.8. The minimum Gasteiger partial charge on any atom is -0.352 e. The lowest BCUT2D eigenvalue weighted by Gasteiger charge is -2.36. The summed E-state index contributed by atoms with van der Waals surface area (Å²) in [6.07, 6.45) is 4.65. The average Bonchev–Trinajstić information content (AvgIpc) is 2.67. The topological polar surface area (TPSA) is 63.2 Å². The van der Waals surface area contributed by atoms with Gasteiger partial charge in [0.2, 0.25) is 5.91 Å². The van der Waals surface area contributed by atoms with Crippen molar-refractivity contribution >= 4 is 15.7 Å². The molecule has 2 rings (SSSR count). The maximum Gasteiger partial charge on any atom is 0.223 e. The summed E-state index contributed by atoms with van der Waals surface area (Å²) in [5.74, 6) is 1.18. The van der Waals surface area contributed by atoms with E-state index in [4.69, 9.17) is 0 Å². The molecule has 5 heteroatoms. The first kappa shape index (κ1) is 15.8. The largest absolute Gasteiger partial charge is 0.352 e. The van der Waals surface area contributed by atoms with Crippen molar-refractivity contribution in [2.45, 2.75) is 58.9 Å². The third-order valence-corrected chi connectivity index (χ3v) is 6.67. The van der Waals surface area contributed by atoms with E-state index in [1.165, 1.54) is 0 Å². The van der Waals surface area contributed by atoms with Gasteiger partial charge in [0, 0.05) is 12.0 Å². The van der Waals surface area contributed by atoms with Crippen molar-refractivity contribution in [3.63, 3.8) is 0 Å². The van der Waals surface area contributed by atoms with Crippen molar-refractivity contribution in [2.24, 2.45) is 17.3 Å². The van der Waals surface area contributed by atoms with Crippen LogP contribution in [0.2, 0.25) is 0 Å². The highest BCUT2D eigenvalue weighted by molar-refractivity contribution is 7.91. The summed E-state index contributed by atoms with van der Waals surface area (Å²) >= 11 is 0. The standard InChI is InChI=1S/C15H27NO3S/c1-15(2,3)12-6-4-11(5-7-12)14(17)16-13-8-9-20(18,19)10-13/h11-13H,4-10H2,1-3H3,(H,16,17). The number of carbonyl (C=O) groups excluding carboxylic acids is 1. The van der Waals surface area contributed by atoms with Crippen molar-refractivity contribution in [1.29, 1.82) is 0 Å². The summed E-state index contributed by atoms with van der Waals surface area (Å²) in [6, 6.07) is -0.159. The highest BCUT2D eigenvalue weighted by Gasteiger charge is 2.34. The lowest BCUT2D eigenvalue weighted by Crippen LogP contribution is -2.41. The molecule has 0 aromatic rings. The summed E-state index contributed by atoms with van der Waals surface area (Å²) in [7, 11) is -2.91. The van der Waals surface area contributed by atoms with Gasteiger partial charge >= 0.3 is 0 Å². The number of nitrogens with one attached hydrogen (secondary N) is 1. The molecule has 0 bridgehead atoms. The van der Waals surface area contributed by atoms with Gasteiger partial charge < -0.3 is 5.32 Å². The van der Waals surface area contributed by atoms with Crippen LogP contribution in [0.1, 0.15) is 52.9 Å². The zero-order chi connectivity index (χ0) is 15.0. The molecule has 1 heterocycles. The number of hydrogen-bond acceptors (Lipinski definition) is 3. The molecule has 0 radical (unpaired) electrons. The molecule has 1 saturated carbocycles. The van der Waals surface area contributed by atoms with E-state index in [1.807, 2.05) is 0 Å². The van der Waals surface area contributed by atoms with Gasteiger partial charge in [0.05, 0.1) is 11.5 Å². The molecule has 1 unspecified atom stereocenters. The van der Waals surface area contributed by atoms with Crippen LogP contribution in [0.15, 0.2) is 0 Å². The Kier molecular flexibility index (Phi) is 4.47. The van der Waals surface area contributed by atoms with E-state index in [1.54, 1.807) is 0 Å². The fourth-order valence-electron chi connectivity index (χ4n) is 3.45. The fraction of sp³-hybridized carbons (Fsp3) is 0.933. The third-order valence-electron chi connectivity index (χ3n) is 4.90. The van der Waals surface area contributed by atoms with E-state index in [-0.39, 0.29) is 29.4 Å². The lowest BCUT2D eigenvalue weighted by molar-refractivity contribution is -0.127. The van der Waals surface area contributed by atoms with Gasteiger partial charge in [-0.2, -0.15) is 0 Å². The van der Waals surface area contributed by atoms with Crippen LogP contribution in [0.3, 0.4) is 0 Å². The first-order valence-electron chi connectivity index (χ1n) is 7.68. The second-order valence-corrected chi connectivity index (χ2v) is 9.75. The van der Waals surface area contributed by atoms with Crippen molar-refractivity contribution in [1.82, 2.24) is 5.32 Å². The van der Waals surface area contributed by atoms with Gasteiger partial charge in [0.15, 0.2) is 9.84 Å². The molecule has 1 aliphatic carbocycles. The number of sulfone groups is 1. The van der Waals surface area contributed by atoms with Gasteiger partial charge in [-0.05, 0) is 43.4 Å². The van der Waals surface area contributed by atoms with Gasteiger partial charge in [-0.3, -0.25) is 4.79 Å². The normalized spacial score (nSPS) is 33.9. The molecule has 1 amide bonds.